The normalized spacial score (nSPS) is 18.8. The molecule has 147 heavy (non-hydrogen) atoms. The molecule has 0 aliphatic heterocycles. The molecule has 0 radical (unpaired) electrons. The van der Waals surface area contributed by atoms with Crippen LogP contribution < -0.4 is 5.63 Å². The van der Waals surface area contributed by atoms with Gasteiger partial charge in [0.25, 0.3) is 0 Å². The van der Waals surface area contributed by atoms with Crippen LogP contribution in [0.1, 0.15) is 413 Å². The summed E-state index contributed by atoms with van der Waals surface area (Å²) in [5, 5.41) is 34.2. The molecule has 11 rings (SSSR count). The van der Waals surface area contributed by atoms with E-state index in [0.717, 1.165) is 152 Å². The summed E-state index contributed by atoms with van der Waals surface area (Å²) < 4.78 is 9.79. The van der Waals surface area contributed by atoms with Gasteiger partial charge in [0, 0.05) is 71.8 Å². The number of ether oxygens (including phenoxy) is 1. The maximum atomic E-state index is 12.1. The maximum absolute atomic E-state index is 12.1. The molecule has 0 saturated heterocycles. The van der Waals surface area contributed by atoms with E-state index >= 15 is 0 Å². The lowest BCUT2D eigenvalue weighted by molar-refractivity contribution is -0.141. The van der Waals surface area contributed by atoms with Crippen LogP contribution in [0.3, 0.4) is 0 Å². The van der Waals surface area contributed by atoms with Gasteiger partial charge >= 0.3 is 11.6 Å². The molecule has 0 amide bonds. The maximum Gasteiger partial charge on any atom is 0.336 e. The van der Waals surface area contributed by atoms with Crippen LogP contribution in [0.2, 0.25) is 0 Å². The van der Waals surface area contributed by atoms with Crippen LogP contribution >= 0.6 is 0 Å². The van der Waals surface area contributed by atoms with Gasteiger partial charge in [0.15, 0.2) is 11.6 Å². The van der Waals surface area contributed by atoms with E-state index in [1.807, 2.05) is 132 Å². The number of aryl methyl sites for hydroxylation is 1. The van der Waals surface area contributed by atoms with Crippen LogP contribution in [0.4, 0.5) is 0 Å². The summed E-state index contributed by atoms with van der Waals surface area (Å²) in [6, 6.07) is 38.8. The first-order chi connectivity index (χ1) is 68.9. The fourth-order valence-electron chi connectivity index (χ4n) is 18.6. The van der Waals surface area contributed by atoms with Gasteiger partial charge in [0.05, 0.1) is 30.9 Å². The van der Waals surface area contributed by atoms with E-state index in [-0.39, 0.29) is 56.0 Å². The van der Waals surface area contributed by atoms with Crippen LogP contribution in [0.15, 0.2) is 277 Å². The Hall–Kier alpha value is -10.9. The third-order valence-corrected chi connectivity index (χ3v) is 28.5. The number of allylic oxidation sites excluding steroid dienone is 28. The van der Waals surface area contributed by atoms with Crippen molar-refractivity contribution in [1.29, 1.82) is 21.0 Å². The lowest BCUT2D eigenvalue weighted by Crippen LogP contribution is -2.51. The van der Waals surface area contributed by atoms with Gasteiger partial charge in [-0.05, 0) is 356 Å². The molecule has 1 heterocycles. The summed E-state index contributed by atoms with van der Waals surface area (Å²) >= 11 is 0. The zero-order chi connectivity index (χ0) is 112. The van der Waals surface area contributed by atoms with Crippen molar-refractivity contribution in [3.8, 4) is 24.3 Å². The van der Waals surface area contributed by atoms with E-state index in [1.54, 1.807) is 61.9 Å². The average Bonchev–Trinajstić information content (AvgIpc) is 1.32. The van der Waals surface area contributed by atoms with Crippen LogP contribution in [0.25, 0.3) is 17.0 Å². The minimum Gasteiger partial charge on any atom is -0.466 e. The van der Waals surface area contributed by atoms with Gasteiger partial charge in [0.1, 0.15) is 17.1 Å². The van der Waals surface area contributed by atoms with Crippen LogP contribution in [0, 0.1) is 119 Å². The second-order valence-corrected chi connectivity index (χ2v) is 46.0. The second-order valence-electron chi connectivity index (χ2n) is 46.0. The van der Waals surface area contributed by atoms with Crippen LogP contribution in [-0.2, 0) is 35.1 Å². The number of fused-ring (bicyclic) bond motifs is 3. The molecule has 7 aliphatic carbocycles. The predicted octanol–water partition coefficient (Wildman–Crippen LogP) is 38.5. The molecule has 4 aromatic rings. The molecule has 12 heteroatoms. The Kier molecular flexibility index (Phi) is 71.1. The Morgan fingerprint density at radius 2 is 1.19 bits per heavy atom. The number of esters is 1. The number of carbonyl (C=O) groups excluding carboxylic acids is 5. The lowest BCUT2D eigenvalue weighted by Gasteiger charge is -2.59. The summed E-state index contributed by atoms with van der Waals surface area (Å²) in [5.74, 6) is 6.40. The van der Waals surface area contributed by atoms with E-state index in [9.17, 15) is 28.8 Å². The first-order valence-corrected chi connectivity index (χ1v) is 54.7. The van der Waals surface area contributed by atoms with Gasteiger partial charge in [-0.1, -0.05) is 338 Å². The van der Waals surface area contributed by atoms with E-state index in [2.05, 4.69) is 259 Å². The summed E-state index contributed by atoms with van der Waals surface area (Å²) in [5.41, 5.74) is 18.8. The standard InChI is InChI=1S/C14H22O.C13H18O.C13H24O.C13H22O.C12H13N.C12H22O2.C10H17N.C10H15N.C10H18.C10H16.C9H7N.C9H6O2/c1-10-7-6-8-14(4,5)13(10)9-11(2)12(3)15;1-5-7-11(14)12-10(2)8-6-9-13(12,3)4;1-5-6-7-8-13(4)10-9-12(2,3)11(13)14;1-6-13(5,10-12(4)14)9-7-8-11(2)3;1-11(9-10-13)7-8-12-5-3-2-4-6-12;1-10(2)6-5-7-11(3)8-9-14-12(4)13;2*1-9(2)5-4-6-10(3)7-8-11;1-7-4-5-8-6-9(7)10(8,2)3;1-8(2)10-6-4-9(3)5-7-10;10-8-4-7-9-5-2-1-3-6-9;10-9-6-5-7-3-1-2-4-8(7)11-9/h7,9,13H,6,8H2,1-5H3;5-8H,9H2,1-4H3;5-10H2,1-4H3;6,8H,1,7,9-10H2,2-5H3;2-6,9H,7-8H2,1H3;6,11H,5,7-9H2,1-4H3;5,10H,4,6-7H2,1-3H3;5,7H,4,6H2,1-3H3;7-9H,4-6H2,1-3H3;4,7-8H,5-6H2,1-3H3;1-7H;1-6H/b11-9+;7-5+;;;;;;10-7+;;;7-4+;. The van der Waals surface area contributed by atoms with Gasteiger partial charge in [-0.3, -0.25) is 24.0 Å². The quantitative estimate of drug-likeness (QED) is 0.0111. The number of unbranched alkanes of at least 4 members (excludes halogenated alkanes) is 2. The smallest absolute Gasteiger partial charge is 0.336 e. The lowest BCUT2D eigenvalue weighted by atomic mass is 9.46. The first kappa shape index (κ1) is 138. The molecule has 0 N–H and O–H groups in total. The molecular weight excluding hydrogens is 1810 g/mol. The van der Waals surface area contributed by atoms with Gasteiger partial charge < -0.3 is 9.15 Å². The Labute approximate surface area is 897 Å². The third-order valence-electron chi connectivity index (χ3n) is 28.5. The van der Waals surface area contributed by atoms with Gasteiger partial charge in [-0.25, -0.2) is 4.79 Å². The van der Waals surface area contributed by atoms with E-state index in [4.69, 9.17) is 30.2 Å². The van der Waals surface area contributed by atoms with E-state index in [1.165, 1.54) is 129 Å². The molecule has 2 bridgehead atoms. The minimum atomic E-state index is -0.302. The fourth-order valence-corrected chi connectivity index (χ4v) is 18.6. The molecule has 808 valence electrons. The van der Waals surface area contributed by atoms with Crippen molar-refractivity contribution in [2.75, 3.05) is 6.61 Å². The largest absolute Gasteiger partial charge is 0.466 e. The number of benzene rings is 3. The van der Waals surface area contributed by atoms with Crippen LogP contribution in [-0.4, -0.2) is 35.7 Å². The highest BCUT2D eigenvalue weighted by Crippen LogP contribution is 2.61. The number of nitrogens with zero attached hydrogens (tertiary/aromatic N) is 4. The molecule has 7 aliphatic rings. The summed E-state index contributed by atoms with van der Waals surface area (Å²) in [6.45, 7) is 75.8. The summed E-state index contributed by atoms with van der Waals surface area (Å²) in [7, 11) is 0. The number of hydrogen-bond acceptors (Lipinski definition) is 12. The van der Waals surface area contributed by atoms with Crippen molar-refractivity contribution < 1.29 is 33.1 Å². The monoisotopic (exact) mass is 2010 g/mol. The highest BCUT2D eigenvalue weighted by Gasteiger charge is 2.53. The highest BCUT2D eigenvalue weighted by atomic mass is 16.5. The number of hydrogen-bond donors (Lipinski definition) is 0. The fraction of sp³-hybridized carbons (Fsp3) is 0.556. The van der Waals surface area contributed by atoms with Crippen molar-refractivity contribution in [2.24, 2.45) is 73.9 Å². The highest BCUT2D eigenvalue weighted by molar-refractivity contribution is 6.06. The minimum absolute atomic E-state index is 0.00132. The molecule has 8 unspecified atom stereocenters. The molecule has 3 aromatic carbocycles. The van der Waals surface area contributed by atoms with E-state index in [0.29, 0.717) is 54.0 Å². The number of carbonyl (C=O) groups is 5. The molecule has 8 atom stereocenters. The van der Waals surface area contributed by atoms with Crippen molar-refractivity contribution in [1.82, 2.24) is 0 Å². The summed E-state index contributed by atoms with van der Waals surface area (Å²) in [4.78, 5) is 67.5. The van der Waals surface area contributed by atoms with Crippen molar-refractivity contribution in [3.63, 3.8) is 0 Å². The number of rotatable bonds is 32. The average molecular weight is 2010 g/mol. The SMILES string of the molecule is C/C=C/C(=O)C1=C(C)C=CCC1(C)C.C=CC(C)(CCC=C(C)C)CC(C)=O.CC(=CC#N)CCc1ccccc1.CC(=O)/C(C)=C/C1C(C)=CCCC1(C)C.CC(=O)OCCC(C)CCC=C(C)C.CC(C)=CCC/C(C)=C/C#N.CC(C)=CCCC(C)CC#N.CC1=CCC(C(C)C)=CC1.CC1CCC2CC1C2(C)C.CCCCCC1(C)CCC(C)(C)C1=O.N#C/C=C/c1ccccc1.O=c1ccc2ccccc2o1. The number of para-hydroxylation sites is 1. The van der Waals surface area contributed by atoms with Crippen molar-refractivity contribution in [2.45, 2.75) is 409 Å². The molecule has 1 aromatic heterocycles. The topological polar surface area (TPSA) is 220 Å². The van der Waals surface area contributed by atoms with E-state index < -0.39 is 0 Å². The number of nitriles is 4. The molecule has 4 saturated carbocycles. The van der Waals surface area contributed by atoms with Gasteiger partial charge in [0.2, 0.25) is 0 Å². The van der Waals surface area contributed by atoms with Gasteiger partial charge in [-0.2, -0.15) is 21.0 Å². The Morgan fingerprint density at radius 3 is 1.66 bits per heavy atom. The van der Waals surface area contributed by atoms with Crippen molar-refractivity contribution >= 4 is 46.1 Å². The number of Topliss-reactive ketones (excluding diaryl/α,β-unsaturated/α-hetero) is 3. The Morgan fingerprint density at radius 1 is 0.626 bits per heavy atom. The molecule has 0 spiro atoms. The van der Waals surface area contributed by atoms with Gasteiger partial charge in [-0.15, -0.1) is 6.58 Å². The third kappa shape index (κ3) is 62.9. The number of ketones is 4. The predicted molar refractivity (Wildman–Crippen MR) is 630 cm³/mol. The summed E-state index contributed by atoms with van der Waals surface area (Å²) in [6.07, 6.45) is 64.2. The molecule has 4 fully saturated rings. The first-order valence-electron chi connectivity index (χ1n) is 54.7. The van der Waals surface area contributed by atoms with Crippen LogP contribution in [0.5, 0.6) is 0 Å². The zero-order valence-corrected chi connectivity index (χ0v) is 98.7. The Bertz CT molecular complexity index is 5300. The molecule has 12 nitrogen and oxygen atoms in total. The van der Waals surface area contributed by atoms with Crippen molar-refractivity contribution in [3.05, 3.63) is 289 Å². The second kappa shape index (κ2) is 75.7. The zero-order valence-electron chi connectivity index (χ0n) is 98.7. The Balaban J connectivity index is 0. The molecular formula is C135H200N4O8.